The number of furan rings is 1. The summed E-state index contributed by atoms with van der Waals surface area (Å²) in [6.07, 6.45) is 5.62. The summed E-state index contributed by atoms with van der Waals surface area (Å²) in [5, 5.41) is 6.42. The van der Waals surface area contributed by atoms with Crippen molar-refractivity contribution in [2.24, 2.45) is 5.92 Å². The van der Waals surface area contributed by atoms with Crippen LogP contribution in [0.2, 0.25) is 5.02 Å². The summed E-state index contributed by atoms with van der Waals surface area (Å²) in [6.45, 7) is 0.475. The largest absolute Gasteiger partial charge is 0.482 e. The molecule has 1 saturated carbocycles. The van der Waals surface area contributed by atoms with Gasteiger partial charge in [0.1, 0.15) is 22.8 Å². The summed E-state index contributed by atoms with van der Waals surface area (Å²) in [5.41, 5.74) is 0.526. The number of rotatable bonds is 8. The molecule has 11 nitrogen and oxygen atoms in total. The molecule has 2 aliphatic rings. The van der Waals surface area contributed by atoms with Crippen molar-refractivity contribution in [1.29, 1.82) is 0 Å². The number of benzene rings is 1. The van der Waals surface area contributed by atoms with Crippen LogP contribution in [0.5, 0.6) is 5.75 Å². The fourth-order valence-corrected chi connectivity index (χ4v) is 5.32. The molecule has 1 aliphatic carbocycles. The number of carbonyl (C=O) groups excluding carboxylic acids is 4. The predicted octanol–water partition coefficient (Wildman–Crippen LogP) is 4.41. The molecule has 3 aromatic rings. The quantitative estimate of drug-likeness (QED) is 0.381. The molecule has 2 N–H and O–H groups in total. The van der Waals surface area contributed by atoms with Gasteiger partial charge in [0.25, 0.3) is 5.91 Å². The summed E-state index contributed by atoms with van der Waals surface area (Å²) in [5.74, 6) is -1.03. The first-order chi connectivity index (χ1) is 19.3. The van der Waals surface area contributed by atoms with Gasteiger partial charge in [0.2, 0.25) is 17.6 Å². The molecule has 5 rings (SSSR count). The number of aromatic nitrogens is 1. The van der Waals surface area contributed by atoms with Gasteiger partial charge in [-0.05, 0) is 62.4 Å². The number of anilines is 2. The molecular weight excluding hydrogens is 540 g/mol. The van der Waals surface area contributed by atoms with E-state index in [2.05, 4.69) is 20.4 Å². The number of fused-ring (bicyclic) bond motifs is 1. The molecule has 3 heterocycles. The van der Waals surface area contributed by atoms with E-state index in [9.17, 15) is 19.2 Å². The van der Waals surface area contributed by atoms with Crippen molar-refractivity contribution in [1.82, 2.24) is 9.88 Å². The van der Waals surface area contributed by atoms with Crippen LogP contribution in [0.3, 0.4) is 0 Å². The maximum atomic E-state index is 13.4. The van der Waals surface area contributed by atoms with Gasteiger partial charge in [-0.2, -0.15) is 0 Å². The van der Waals surface area contributed by atoms with Gasteiger partial charge in [-0.3, -0.25) is 14.4 Å². The van der Waals surface area contributed by atoms with Gasteiger partial charge in [-0.15, -0.1) is 0 Å². The molecule has 0 atom stereocenters. The highest BCUT2D eigenvalue weighted by Gasteiger charge is 2.34. The highest BCUT2D eigenvalue weighted by atomic mass is 35.5. The lowest BCUT2D eigenvalue weighted by atomic mass is 9.84. The van der Waals surface area contributed by atoms with Gasteiger partial charge in [-0.25, -0.2) is 9.78 Å². The molecular formula is C28H29ClN4O7. The van der Waals surface area contributed by atoms with Gasteiger partial charge >= 0.3 is 5.97 Å². The van der Waals surface area contributed by atoms with E-state index in [0.717, 1.165) is 25.8 Å². The van der Waals surface area contributed by atoms with Crippen LogP contribution in [-0.4, -0.2) is 59.9 Å². The maximum absolute atomic E-state index is 13.4. The molecule has 0 bridgehead atoms. The minimum Gasteiger partial charge on any atom is -0.482 e. The van der Waals surface area contributed by atoms with Crippen molar-refractivity contribution >= 4 is 57.8 Å². The monoisotopic (exact) mass is 568 g/mol. The molecule has 0 spiro atoms. The van der Waals surface area contributed by atoms with Crippen LogP contribution >= 0.6 is 11.6 Å². The Kier molecular flexibility index (Phi) is 8.20. The van der Waals surface area contributed by atoms with E-state index in [1.165, 1.54) is 13.3 Å². The number of pyridine rings is 1. The zero-order valence-corrected chi connectivity index (χ0v) is 22.7. The second kappa shape index (κ2) is 12.0. The number of esters is 1. The van der Waals surface area contributed by atoms with Crippen molar-refractivity contribution in [3.63, 3.8) is 0 Å². The van der Waals surface area contributed by atoms with Gasteiger partial charge in [0.05, 0.1) is 12.1 Å². The second-order valence-corrected chi connectivity index (χ2v) is 10.3. The number of nitrogens with zero attached hydrogens (tertiary/aromatic N) is 2. The Balaban J connectivity index is 1.37. The maximum Gasteiger partial charge on any atom is 0.343 e. The molecule has 0 radical (unpaired) electrons. The SMILES string of the molecule is COC(=O)COc1ccc2oc(C(=O)Nc3ccc(Cl)cn3)c(NC(=O)C3CCC(N4CCCC4=O)CC3)c2c1. The lowest BCUT2D eigenvalue weighted by Crippen LogP contribution is -2.40. The van der Waals surface area contributed by atoms with E-state index in [4.69, 9.17) is 20.8 Å². The summed E-state index contributed by atoms with van der Waals surface area (Å²) in [4.78, 5) is 56.4. The fourth-order valence-electron chi connectivity index (χ4n) is 5.20. The summed E-state index contributed by atoms with van der Waals surface area (Å²) >= 11 is 5.90. The van der Waals surface area contributed by atoms with Crippen molar-refractivity contribution in [3.05, 3.63) is 47.3 Å². The van der Waals surface area contributed by atoms with Crippen LogP contribution in [0.4, 0.5) is 11.5 Å². The van der Waals surface area contributed by atoms with E-state index in [-0.39, 0.29) is 47.6 Å². The first-order valence-electron chi connectivity index (χ1n) is 13.1. The average Bonchev–Trinajstić information content (AvgIpc) is 3.56. The topological polar surface area (TPSA) is 140 Å². The normalized spacial score (nSPS) is 18.9. The minimum absolute atomic E-state index is 0.110. The number of hydrogen-bond acceptors (Lipinski definition) is 8. The lowest BCUT2D eigenvalue weighted by molar-refractivity contribution is -0.143. The number of amides is 3. The van der Waals surface area contributed by atoms with Crippen LogP contribution in [0.25, 0.3) is 11.0 Å². The summed E-state index contributed by atoms with van der Waals surface area (Å²) in [6, 6.07) is 8.06. The van der Waals surface area contributed by atoms with E-state index in [1.54, 1.807) is 30.3 Å². The van der Waals surface area contributed by atoms with Gasteiger partial charge in [-0.1, -0.05) is 11.6 Å². The third-order valence-corrected chi connectivity index (χ3v) is 7.51. The number of nitrogens with one attached hydrogen (secondary N) is 2. The number of ether oxygens (including phenoxy) is 2. The molecule has 2 aromatic heterocycles. The fraction of sp³-hybridized carbons (Fsp3) is 0.393. The summed E-state index contributed by atoms with van der Waals surface area (Å²) < 4.78 is 16.0. The van der Waals surface area contributed by atoms with Crippen LogP contribution in [0.15, 0.2) is 40.9 Å². The molecule has 1 saturated heterocycles. The van der Waals surface area contributed by atoms with Gasteiger partial charge in [0.15, 0.2) is 6.61 Å². The van der Waals surface area contributed by atoms with Crippen LogP contribution in [-0.2, 0) is 19.1 Å². The van der Waals surface area contributed by atoms with E-state index >= 15 is 0 Å². The zero-order chi connectivity index (χ0) is 28.2. The van der Waals surface area contributed by atoms with Crippen molar-refractivity contribution in [3.8, 4) is 5.75 Å². The molecule has 1 aromatic carbocycles. The Morgan fingerprint density at radius 2 is 1.93 bits per heavy atom. The molecule has 1 aliphatic heterocycles. The van der Waals surface area contributed by atoms with Gasteiger partial charge < -0.3 is 29.4 Å². The number of halogens is 1. The van der Waals surface area contributed by atoms with Crippen molar-refractivity contribution < 1.29 is 33.1 Å². The third kappa shape index (κ3) is 6.04. The van der Waals surface area contributed by atoms with E-state index in [0.29, 0.717) is 41.0 Å². The van der Waals surface area contributed by atoms with Crippen molar-refractivity contribution in [2.75, 3.05) is 30.9 Å². The van der Waals surface area contributed by atoms with Crippen molar-refractivity contribution in [2.45, 2.75) is 44.6 Å². The second-order valence-electron chi connectivity index (χ2n) is 9.83. The smallest absolute Gasteiger partial charge is 0.343 e. The Bertz CT molecular complexity index is 1430. The molecule has 0 unspecified atom stereocenters. The van der Waals surface area contributed by atoms with Crippen LogP contribution < -0.4 is 15.4 Å². The van der Waals surface area contributed by atoms with Gasteiger partial charge in [0, 0.05) is 36.5 Å². The van der Waals surface area contributed by atoms with Crippen LogP contribution in [0.1, 0.15) is 49.1 Å². The molecule has 40 heavy (non-hydrogen) atoms. The Morgan fingerprint density at radius 3 is 2.60 bits per heavy atom. The van der Waals surface area contributed by atoms with E-state index < -0.39 is 11.9 Å². The number of methoxy groups -OCH3 is 1. The summed E-state index contributed by atoms with van der Waals surface area (Å²) in [7, 11) is 1.26. The standard InChI is InChI=1S/C28H29ClN4O7/c1-38-24(35)15-39-19-9-10-21-20(13-19)25(26(40-21)28(37)31-22-11-6-17(29)14-30-22)32-27(36)16-4-7-18(8-5-16)33-12-2-3-23(33)34/h6,9-11,13-14,16,18H,2-5,7-8,12,15H2,1H3,(H,32,36)(H,30,31,37). The Morgan fingerprint density at radius 1 is 1.12 bits per heavy atom. The number of carbonyl (C=O) groups is 4. The average molecular weight is 569 g/mol. The van der Waals surface area contributed by atoms with Crippen LogP contribution in [0, 0.1) is 5.92 Å². The highest BCUT2D eigenvalue weighted by molar-refractivity contribution is 6.30. The first-order valence-corrected chi connectivity index (χ1v) is 13.5. The predicted molar refractivity (Wildman–Crippen MR) is 146 cm³/mol. The third-order valence-electron chi connectivity index (χ3n) is 7.29. The molecule has 3 amide bonds. The zero-order valence-electron chi connectivity index (χ0n) is 21.9. The molecule has 12 heteroatoms. The highest BCUT2D eigenvalue weighted by Crippen LogP contribution is 2.36. The first kappa shape index (κ1) is 27.4. The molecule has 210 valence electrons. The Labute approximate surface area is 235 Å². The Hall–Kier alpha value is -4.12. The number of likely N-dealkylation sites (tertiary alicyclic amines) is 1. The number of hydrogen-bond donors (Lipinski definition) is 2. The molecule has 2 fully saturated rings. The minimum atomic E-state index is -0.616. The lowest BCUT2D eigenvalue weighted by Gasteiger charge is -2.34. The van der Waals surface area contributed by atoms with E-state index in [1.807, 2.05) is 4.90 Å².